The number of sulfonamides is 1. The second-order valence-corrected chi connectivity index (χ2v) is 7.47. The summed E-state index contributed by atoms with van der Waals surface area (Å²) in [6, 6.07) is 5.77. The van der Waals surface area contributed by atoms with E-state index in [-0.39, 0.29) is 10.6 Å². The van der Waals surface area contributed by atoms with Crippen LogP contribution in [0.2, 0.25) is 0 Å². The van der Waals surface area contributed by atoms with Gasteiger partial charge in [-0.05, 0) is 52.2 Å². The van der Waals surface area contributed by atoms with Crippen LogP contribution in [0.4, 0.5) is 11.4 Å². The highest BCUT2D eigenvalue weighted by atomic mass is 32.2. The van der Waals surface area contributed by atoms with E-state index in [1.165, 1.54) is 7.05 Å². The minimum absolute atomic E-state index is 0.136. The van der Waals surface area contributed by atoms with Gasteiger partial charge in [-0.2, -0.15) is 0 Å². The Bertz CT molecular complexity index is 593. The molecule has 0 radical (unpaired) electrons. The predicted octanol–water partition coefficient (Wildman–Crippen LogP) is 0.707. The summed E-state index contributed by atoms with van der Waals surface area (Å²) in [5, 5.41) is 0. The Hall–Kier alpha value is -1.31. The predicted molar refractivity (Wildman–Crippen MR) is 86.0 cm³/mol. The first-order chi connectivity index (χ1) is 9.85. The van der Waals surface area contributed by atoms with Gasteiger partial charge in [0.1, 0.15) is 4.90 Å². The first kappa shape index (κ1) is 16.1. The zero-order chi connectivity index (χ0) is 15.6. The lowest BCUT2D eigenvalue weighted by molar-refractivity contribution is 0.249. The summed E-state index contributed by atoms with van der Waals surface area (Å²) >= 11 is 0. The van der Waals surface area contributed by atoms with E-state index in [1.54, 1.807) is 12.1 Å². The van der Waals surface area contributed by atoms with Crippen LogP contribution in [0.15, 0.2) is 23.1 Å². The number of anilines is 2. The minimum Gasteiger partial charge on any atom is -0.398 e. The largest absolute Gasteiger partial charge is 0.398 e. The summed E-state index contributed by atoms with van der Waals surface area (Å²) in [5.41, 5.74) is 7.19. The van der Waals surface area contributed by atoms with E-state index < -0.39 is 10.0 Å². The van der Waals surface area contributed by atoms with Crippen LogP contribution in [0.5, 0.6) is 0 Å². The number of nitrogens with two attached hydrogens (primary N) is 1. The van der Waals surface area contributed by atoms with Crippen molar-refractivity contribution >= 4 is 21.4 Å². The Morgan fingerprint density at radius 1 is 1.29 bits per heavy atom. The number of hydrogen-bond donors (Lipinski definition) is 2. The molecule has 1 aliphatic rings. The first-order valence-corrected chi connectivity index (χ1v) is 8.58. The van der Waals surface area contributed by atoms with Crippen LogP contribution in [0, 0.1) is 0 Å². The van der Waals surface area contributed by atoms with Gasteiger partial charge in [-0.15, -0.1) is 0 Å². The number of nitrogens with one attached hydrogen (secondary N) is 1. The molecule has 7 heteroatoms. The molecule has 0 unspecified atom stereocenters. The fourth-order valence-corrected chi connectivity index (χ4v) is 3.56. The maximum absolute atomic E-state index is 11.8. The topological polar surface area (TPSA) is 78.7 Å². The van der Waals surface area contributed by atoms with Crippen LogP contribution in [-0.2, 0) is 10.0 Å². The second kappa shape index (κ2) is 6.21. The highest BCUT2D eigenvalue weighted by Crippen LogP contribution is 2.27. The molecule has 1 aromatic rings. The molecule has 0 atom stereocenters. The van der Waals surface area contributed by atoms with E-state index in [2.05, 4.69) is 28.6 Å². The maximum atomic E-state index is 11.8. The highest BCUT2D eigenvalue weighted by Gasteiger charge is 2.22. The van der Waals surface area contributed by atoms with Crippen molar-refractivity contribution in [3.05, 3.63) is 18.2 Å². The van der Waals surface area contributed by atoms with Crippen molar-refractivity contribution in [2.45, 2.75) is 23.8 Å². The Labute approximate surface area is 127 Å². The molecule has 2 rings (SSSR count). The van der Waals surface area contributed by atoms with Crippen LogP contribution < -0.4 is 15.4 Å². The molecule has 3 N–H and O–H groups in total. The van der Waals surface area contributed by atoms with Gasteiger partial charge in [0, 0.05) is 24.8 Å². The molecule has 21 heavy (non-hydrogen) atoms. The average Bonchev–Trinajstić information content (AvgIpc) is 2.47. The standard InChI is InChI=1S/C14H24N4O2S/c1-16-21(19,20)14-5-4-12(10-13(14)15)18-8-6-11(7-9-18)17(2)3/h4-5,10-11,16H,6-9,15H2,1-3H3. The van der Waals surface area contributed by atoms with E-state index in [4.69, 9.17) is 5.73 Å². The lowest BCUT2D eigenvalue weighted by Gasteiger charge is -2.36. The fraction of sp³-hybridized carbons (Fsp3) is 0.571. The SMILES string of the molecule is CNS(=O)(=O)c1ccc(N2CCC(N(C)C)CC2)cc1N. The van der Waals surface area contributed by atoms with Crippen molar-refractivity contribution in [3.8, 4) is 0 Å². The molecule has 1 aliphatic heterocycles. The lowest BCUT2D eigenvalue weighted by atomic mass is 10.0. The van der Waals surface area contributed by atoms with Crippen molar-refractivity contribution in [1.29, 1.82) is 0 Å². The van der Waals surface area contributed by atoms with Crippen LogP contribution in [0.1, 0.15) is 12.8 Å². The highest BCUT2D eigenvalue weighted by molar-refractivity contribution is 7.89. The van der Waals surface area contributed by atoms with Gasteiger partial charge in [0.2, 0.25) is 10.0 Å². The molecule has 1 fully saturated rings. The van der Waals surface area contributed by atoms with Crippen molar-refractivity contribution < 1.29 is 8.42 Å². The van der Waals surface area contributed by atoms with Crippen LogP contribution in [0.3, 0.4) is 0 Å². The molecule has 0 bridgehead atoms. The summed E-state index contributed by atoms with van der Waals surface area (Å²) in [4.78, 5) is 4.65. The third-order valence-electron chi connectivity index (χ3n) is 4.11. The fourth-order valence-electron chi connectivity index (χ4n) is 2.73. The molecule has 118 valence electrons. The normalized spacial score (nSPS) is 17.4. The van der Waals surface area contributed by atoms with Gasteiger partial charge in [0.25, 0.3) is 0 Å². The van der Waals surface area contributed by atoms with E-state index >= 15 is 0 Å². The van der Waals surface area contributed by atoms with Gasteiger partial charge in [-0.3, -0.25) is 0 Å². The van der Waals surface area contributed by atoms with Crippen LogP contribution in [0.25, 0.3) is 0 Å². The van der Waals surface area contributed by atoms with Gasteiger partial charge in [-0.1, -0.05) is 0 Å². The maximum Gasteiger partial charge on any atom is 0.242 e. The van der Waals surface area contributed by atoms with Crippen molar-refractivity contribution in [2.75, 3.05) is 44.9 Å². The van der Waals surface area contributed by atoms with Crippen molar-refractivity contribution in [2.24, 2.45) is 0 Å². The van der Waals surface area contributed by atoms with Gasteiger partial charge < -0.3 is 15.5 Å². The molecule has 0 aliphatic carbocycles. The molecular weight excluding hydrogens is 288 g/mol. The molecule has 0 amide bonds. The van der Waals surface area contributed by atoms with Gasteiger partial charge in [0.15, 0.2) is 0 Å². The molecule has 0 aromatic heterocycles. The van der Waals surface area contributed by atoms with Gasteiger partial charge >= 0.3 is 0 Å². The third kappa shape index (κ3) is 3.48. The summed E-state index contributed by atoms with van der Waals surface area (Å²) in [6.07, 6.45) is 2.20. The van der Waals surface area contributed by atoms with Gasteiger partial charge in [-0.25, -0.2) is 13.1 Å². The molecule has 0 spiro atoms. The smallest absolute Gasteiger partial charge is 0.242 e. The van der Waals surface area contributed by atoms with E-state index in [9.17, 15) is 8.42 Å². The van der Waals surface area contributed by atoms with Crippen molar-refractivity contribution in [1.82, 2.24) is 9.62 Å². The van der Waals surface area contributed by atoms with Crippen LogP contribution in [-0.4, -0.2) is 53.6 Å². The molecule has 6 nitrogen and oxygen atoms in total. The van der Waals surface area contributed by atoms with Gasteiger partial charge in [0.05, 0.1) is 5.69 Å². The number of nitrogens with zero attached hydrogens (tertiary/aromatic N) is 2. The van der Waals surface area contributed by atoms with E-state index in [0.717, 1.165) is 31.6 Å². The minimum atomic E-state index is -3.50. The number of benzene rings is 1. The molecule has 1 aromatic carbocycles. The monoisotopic (exact) mass is 312 g/mol. The first-order valence-electron chi connectivity index (χ1n) is 7.09. The third-order valence-corrected chi connectivity index (χ3v) is 5.60. The Morgan fingerprint density at radius 2 is 1.90 bits per heavy atom. The number of piperidine rings is 1. The Kier molecular flexibility index (Phi) is 4.75. The summed E-state index contributed by atoms with van der Waals surface area (Å²) < 4.78 is 25.9. The molecule has 1 heterocycles. The summed E-state index contributed by atoms with van der Waals surface area (Å²) in [7, 11) is 2.10. The lowest BCUT2D eigenvalue weighted by Crippen LogP contribution is -2.42. The summed E-state index contributed by atoms with van der Waals surface area (Å²) in [6.45, 7) is 1.92. The molecule has 0 saturated carbocycles. The Morgan fingerprint density at radius 3 is 2.38 bits per heavy atom. The quantitative estimate of drug-likeness (QED) is 0.801. The zero-order valence-electron chi connectivity index (χ0n) is 12.8. The molecule has 1 saturated heterocycles. The average molecular weight is 312 g/mol. The van der Waals surface area contributed by atoms with E-state index in [0.29, 0.717) is 6.04 Å². The Balaban J connectivity index is 2.15. The zero-order valence-corrected chi connectivity index (χ0v) is 13.7. The second-order valence-electron chi connectivity index (χ2n) is 5.61. The molecular formula is C14H24N4O2S. The van der Waals surface area contributed by atoms with Crippen molar-refractivity contribution in [3.63, 3.8) is 0 Å². The number of nitrogen functional groups attached to an aromatic ring is 1. The number of hydrogen-bond acceptors (Lipinski definition) is 5. The summed E-state index contributed by atoms with van der Waals surface area (Å²) in [5.74, 6) is 0. The number of rotatable bonds is 4. The van der Waals surface area contributed by atoms with Crippen LogP contribution >= 0.6 is 0 Å². The van der Waals surface area contributed by atoms with E-state index in [1.807, 2.05) is 6.07 Å².